The standard InChI is InChI=1S/C25H23ClFN5O4/c1-15(27)16-3-2-4-18(11-16)36-22-6-5-17(12-19(22)26)31-24-23-20(29-14-30-24)7-9-32(23)10-8-28-25(35)21(34)13-33/h2-7,9,11-12,14,21,33-34H,1,8,10,13H2,(H,28,35)(H,29,30,31). The average molecular weight is 512 g/mol. The summed E-state index contributed by atoms with van der Waals surface area (Å²) >= 11 is 6.44. The minimum atomic E-state index is -1.46. The van der Waals surface area contributed by atoms with Gasteiger partial charge in [-0.05, 0) is 36.4 Å². The molecule has 36 heavy (non-hydrogen) atoms. The maximum Gasteiger partial charge on any atom is 0.251 e. The molecule has 0 radical (unpaired) electrons. The number of halogens is 2. The maximum atomic E-state index is 13.4. The summed E-state index contributed by atoms with van der Waals surface area (Å²) in [7, 11) is 0. The van der Waals surface area contributed by atoms with Gasteiger partial charge in [0.2, 0.25) is 0 Å². The number of amides is 1. The summed E-state index contributed by atoms with van der Waals surface area (Å²) in [6, 6.07) is 13.4. The number of hydrogen-bond acceptors (Lipinski definition) is 7. The monoisotopic (exact) mass is 511 g/mol. The van der Waals surface area contributed by atoms with Crippen molar-refractivity contribution in [1.29, 1.82) is 0 Å². The van der Waals surface area contributed by atoms with Crippen LogP contribution in [-0.4, -0.2) is 49.9 Å². The molecule has 0 aliphatic carbocycles. The Kier molecular flexibility index (Phi) is 7.79. The van der Waals surface area contributed by atoms with Gasteiger partial charge in [-0.2, -0.15) is 0 Å². The van der Waals surface area contributed by atoms with Crippen molar-refractivity contribution in [2.75, 3.05) is 18.5 Å². The van der Waals surface area contributed by atoms with Gasteiger partial charge in [0.1, 0.15) is 29.2 Å². The molecule has 11 heteroatoms. The van der Waals surface area contributed by atoms with Crippen LogP contribution < -0.4 is 15.4 Å². The fraction of sp³-hybridized carbons (Fsp3) is 0.160. The molecule has 0 aliphatic rings. The van der Waals surface area contributed by atoms with Gasteiger partial charge in [0, 0.05) is 30.5 Å². The number of fused-ring (bicyclic) bond motifs is 1. The van der Waals surface area contributed by atoms with Gasteiger partial charge in [-0.25, -0.2) is 14.4 Å². The van der Waals surface area contributed by atoms with E-state index in [-0.39, 0.29) is 6.54 Å². The third-order valence-corrected chi connectivity index (χ3v) is 5.54. The fourth-order valence-electron chi connectivity index (χ4n) is 3.46. The van der Waals surface area contributed by atoms with Crippen LogP contribution in [-0.2, 0) is 11.3 Å². The van der Waals surface area contributed by atoms with E-state index >= 15 is 0 Å². The molecule has 186 valence electrons. The molecule has 2 aromatic carbocycles. The highest BCUT2D eigenvalue weighted by Gasteiger charge is 2.14. The molecule has 4 N–H and O–H groups in total. The van der Waals surface area contributed by atoms with Crippen LogP contribution in [0.25, 0.3) is 16.9 Å². The normalized spacial score (nSPS) is 11.8. The second kappa shape index (κ2) is 11.2. The first-order valence-corrected chi connectivity index (χ1v) is 11.3. The van der Waals surface area contributed by atoms with Gasteiger partial charge in [-0.1, -0.05) is 30.3 Å². The molecule has 2 aromatic heterocycles. The first-order chi connectivity index (χ1) is 17.4. The van der Waals surface area contributed by atoms with Gasteiger partial charge in [0.25, 0.3) is 5.91 Å². The molecule has 0 fully saturated rings. The zero-order valence-electron chi connectivity index (χ0n) is 19.0. The molecule has 9 nitrogen and oxygen atoms in total. The number of aliphatic hydroxyl groups excluding tert-OH is 2. The number of carbonyl (C=O) groups excluding carboxylic acids is 1. The molecule has 0 saturated carbocycles. The quantitative estimate of drug-likeness (QED) is 0.253. The summed E-state index contributed by atoms with van der Waals surface area (Å²) in [6.07, 6.45) is 1.78. The molecule has 0 aliphatic heterocycles. The van der Waals surface area contributed by atoms with E-state index in [1.54, 1.807) is 36.4 Å². The summed E-state index contributed by atoms with van der Waals surface area (Å²) in [4.78, 5) is 20.3. The van der Waals surface area contributed by atoms with Crippen molar-refractivity contribution in [3.8, 4) is 11.5 Å². The van der Waals surface area contributed by atoms with E-state index in [2.05, 4.69) is 27.2 Å². The Morgan fingerprint density at radius 2 is 2.06 bits per heavy atom. The van der Waals surface area contributed by atoms with E-state index in [0.717, 1.165) is 0 Å². The van der Waals surface area contributed by atoms with Gasteiger partial charge in [0.05, 0.1) is 17.1 Å². The molecule has 4 aromatic rings. The Bertz CT molecular complexity index is 1410. The lowest BCUT2D eigenvalue weighted by Gasteiger charge is -2.13. The molecule has 1 amide bonds. The minimum absolute atomic E-state index is 0.225. The van der Waals surface area contributed by atoms with E-state index in [0.29, 0.717) is 51.2 Å². The zero-order valence-corrected chi connectivity index (χ0v) is 19.7. The maximum absolute atomic E-state index is 13.4. The van der Waals surface area contributed by atoms with Crippen molar-refractivity contribution in [3.05, 3.63) is 78.2 Å². The molecule has 1 unspecified atom stereocenters. The summed E-state index contributed by atoms with van der Waals surface area (Å²) in [6.45, 7) is 3.26. The van der Waals surface area contributed by atoms with Crippen LogP contribution in [0.3, 0.4) is 0 Å². The van der Waals surface area contributed by atoms with Gasteiger partial charge >= 0.3 is 0 Å². The third-order valence-electron chi connectivity index (χ3n) is 5.25. The van der Waals surface area contributed by atoms with Crippen LogP contribution in [0, 0.1) is 0 Å². The van der Waals surface area contributed by atoms with Gasteiger partial charge in [-0.3, -0.25) is 4.79 Å². The first-order valence-electron chi connectivity index (χ1n) is 10.9. The number of aromatic nitrogens is 3. The summed E-state index contributed by atoms with van der Waals surface area (Å²) in [5.41, 5.74) is 2.36. The molecule has 0 spiro atoms. The van der Waals surface area contributed by atoms with Crippen molar-refractivity contribution in [2.45, 2.75) is 12.6 Å². The zero-order chi connectivity index (χ0) is 25.7. The second-order valence-corrected chi connectivity index (χ2v) is 8.17. The number of carbonyl (C=O) groups is 1. The lowest BCUT2D eigenvalue weighted by molar-refractivity contribution is -0.131. The van der Waals surface area contributed by atoms with Crippen LogP contribution in [0.2, 0.25) is 5.02 Å². The summed E-state index contributed by atoms with van der Waals surface area (Å²) in [5.74, 6) is 0.119. The van der Waals surface area contributed by atoms with Gasteiger partial charge < -0.3 is 30.2 Å². The second-order valence-electron chi connectivity index (χ2n) is 7.76. The predicted octanol–water partition coefficient (Wildman–Crippen LogP) is 4.03. The van der Waals surface area contributed by atoms with Crippen LogP contribution in [0.4, 0.5) is 15.9 Å². The molecule has 1 atom stereocenters. The molecule has 4 rings (SSSR count). The van der Waals surface area contributed by atoms with Crippen molar-refractivity contribution in [3.63, 3.8) is 0 Å². The molecule has 2 heterocycles. The van der Waals surface area contributed by atoms with Crippen molar-refractivity contribution >= 4 is 45.9 Å². The topological polar surface area (TPSA) is 122 Å². The Hall–Kier alpha value is -3.99. The van der Waals surface area contributed by atoms with E-state index < -0.39 is 24.4 Å². The van der Waals surface area contributed by atoms with Crippen LogP contribution in [0.5, 0.6) is 11.5 Å². The number of rotatable bonds is 10. The van der Waals surface area contributed by atoms with Crippen molar-refractivity contribution < 1.29 is 24.1 Å². The smallest absolute Gasteiger partial charge is 0.251 e. The predicted molar refractivity (Wildman–Crippen MR) is 135 cm³/mol. The summed E-state index contributed by atoms with van der Waals surface area (Å²) < 4.78 is 21.1. The number of ether oxygens (including phenoxy) is 1. The van der Waals surface area contributed by atoms with Crippen molar-refractivity contribution in [2.24, 2.45) is 0 Å². The van der Waals surface area contributed by atoms with Gasteiger partial charge in [-0.15, -0.1) is 0 Å². The Balaban J connectivity index is 1.50. The molecule has 0 bridgehead atoms. The fourth-order valence-corrected chi connectivity index (χ4v) is 3.68. The number of hydrogen-bond donors (Lipinski definition) is 4. The summed E-state index contributed by atoms with van der Waals surface area (Å²) in [5, 5.41) is 24.4. The van der Waals surface area contributed by atoms with E-state index in [1.165, 1.54) is 12.4 Å². The largest absolute Gasteiger partial charge is 0.456 e. The first kappa shape index (κ1) is 25.1. The van der Waals surface area contributed by atoms with Crippen LogP contribution >= 0.6 is 11.6 Å². The third kappa shape index (κ3) is 5.80. The molecular formula is C25H23ClFN5O4. The lowest BCUT2D eigenvalue weighted by atomic mass is 10.2. The average Bonchev–Trinajstić information content (AvgIpc) is 3.29. The van der Waals surface area contributed by atoms with E-state index in [9.17, 15) is 14.3 Å². The Morgan fingerprint density at radius 3 is 2.81 bits per heavy atom. The molecular weight excluding hydrogens is 489 g/mol. The number of aliphatic hydroxyl groups is 2. The SMILES string of the molecule is C=C(F)c1cccc(Oc2ccc(Nc3ncnc4ccn(CCNC(=O)C(O)CO)c34)cc2Cl)c1. The van der Waals surface area contributed by atoms with Gasteiger partial charge in [0.15, 0.2) is 11.9 Å². The number of nitrogens with zero attached hydrogens (tertiary/aromatic N) is 3. The lowest BCUT2D eigenvalue weighted by Crippen LogP contribution is -2.38. The highest BCUT2D eigenvalue weighted by atomic mass is 35.5. The number of anilines is 2. The highest BCUT2D eigenvalue weighted by molar-refractivity contribution is 6.32. The van der Waals surface area contributed by atoms with E-state index in [1.807, 2.05) is 16.8 Å². The van der Waals surface area contributed by atoms with E-state index in [4.69, 9.17) is 21.4 Å². The Labute approximate surface area is 210 Å². The van der Waals surface area contributed by atoms with Crippen LogP contribution in [0.15, 0.2) is 67.6 Å². The number of benzene rings is 2. The van der Waals surface area contributed by atoms with Crippen LogP contribution in [0.1, 0.15) is 5.56 Å². The Morgan fingerprint density at radius 1 is 1.22 bits per heavy atom. The molecule has 0 saturated heterocycles. The highest BCUT2D eigenvalue weighted by Crippen LogP contribution is 2.34. The minimum Gasteiger partial charge on any atom is -0.456 e. The number of nitrogens with one attached hydrogen (secondary N) is 2. The van der Waals surface area contributed by atoms with Crippen molar-refractivity contribution in [1.82, 2.24) is 19.9 Å².